The van der Waals surface area contributed by atoms with Gasteiger partial charge < -0.3 is 9.88 Å². The van der Waals surface area contributed by atoms with Gasteiger partial charge in [0.25, 0.3) is 0 Å². The molecule has 5 heteroatoms. The van der Waals surface area contributed by atoms with Crippen LogP contribution in [0.2, 0.25) is 5.02 Å². The second kappa shape index (κ2) is 5.05. The van der Waals surface area contributed by atoms with Crippen LogP contribution in [0, 0.1) is 0 Å². The molecule has 4 nitrogen and oxygen atoms in total. The molecule has 0 aliphatic carbocycles. The van der Waals surface area contributed by atoms with Crippen LogP contribution in [0.5, 0.6) is 0 Å². The van der Waals surface area contributed by atoms with Crippen LogP contribution in [-0.2, 0) is 17.6 Å². The summed E-state index contributed by atoms with van der Waals surface area (Å²) in [6, 6.07) is 5.73. The molecule has 98 valence electrons. The number of carbonyl (C=O) groups excluding carboxylic acids is 1. The number of aromatic nitrogens is 2. The van der Waals surface area contributed by atoms with Gasteiger partial charge in [0.2, 0.25) is 5.91 Å². The van der Waals surface area contributed by atoms with Crippen LogP contribution in [0.4, 0.5) is 5.69 Å². The van der Waals surface area contributed by atoms with Crippen LogP contribution >= 0.6 is 11.6 Å². The largest absolute Gasteiger partial charge is 0.348 e. The van der Waals surface area contributed by atoms with Gasteiger partial charge in [-0.1, -0.05) is 17.7 Å². The van der Waals surface area contributed by atoms with Crippen molar-refractivity contribution < 1.29 is 4.79 Å². The van der Waals surface area contributed by atoms with Gasteiger partial charge in [-0.3, -0.25) is 4.79 Å². The van der Waals surface area contributed by atoms with Gasteiger partial charge in [0.15, 0.2) is 0 Å². The van der Waals surface area contributed by atoms with E-state index in [4.69, 9.17) is 11.6 Å². The van der Waals surface area contributed by atoms with E-state index in [1.54, 1.807) is 12.5 Å². The molecule has 1 aromatic heterocycles. The molecule has 0 bridgehead atoms. The zero-order valence-corrected chi connectivity index (χ0v) is 11.2. The van der Waals surface area contributed by atoms with E-state index >= 15 is 0 Å². The van der Waals surface area contributed by atoms with Crippen molar-refractivity contribution in [3.8, 4) is 0 Å². The Balaban J connectivity index is 1.71. The van der Waals surface area contributed by atoms with Crippen LogP contribution < -0.4 is 4.90 Å². The molecule has 1 aliphatic rings. The highest BCUT2D eigenvalue weighted by atomic mass is 35.5. The lowest BCUT2D eigenvalue weighted by atomic mass is 10.1. The van der Waals surface area contributed by atoms with Gasteiger partial charge >= 0.3 is 0 Å². The van der Waals surface area contributed by atoms with Crippen molar-refractivity contribution in [2.75, 3.05) is 11.4 Å². The molecule has 1 N–H and O–H groups in total. The van der Waals surface area contributed by atoms with Crippen LogP contribution in [0.25, 0.3) is 0 Å². The van der Waals surface area contributed by atoms with Crippen molar-refractivity contribution in [2.45, 2.75) is 19.3 Å². The first-order valence-corrected chi connectivity index (χ1v) is 6.68. The first-order valence-electron chi connectivity index (χ1n) is 6.30. The summed E-state index contributed by atoms with van der Waals surface area (Å²) in [5.41, 5.74) is 3.03. The summed E-state index contributed by atoms with van der Waals surface area (Å²) in [5.74, 6) is 0.135. The third-order valence-corrected chi connectivity index (χ3v) is 3.79. The Bertz CT molecular complexity index is 595. The molecule has 1 amide bonds. The summed E-state index contributed by atoms with van der Waals surface area (Å²) in [5, 5.41) is 0.751. The number of amides is 1. The van der Waals surface area contributed by atoms with Gasteiger partial charge in [0, 0.05) is 35.6 Å². The fraction of sp³-hybridized carbons (Fsp3) is 0.286. The third kappa shape index (κ3) is 2.36. The smallest absolute Gasteiger partial charge is 0.227 e. The number of halogens is 1. The Morgan fingerprint density at radius 1 is 1.47 bits per heavy atom. The van der Waals surface area contributed by atoms with Gasteiger partial charge in [-0.2, -0.15) is 0 Å². The monoisotopic (exact) mass is 275 g/mol. The van der Waals surface area contributed by atoms with Gasteiger partial charge in [-0.15, -0.1) is 0 Å². The molecular weight excluding hydrogens is 262 g/mol. The van der Waals surface area contributed by atoms with Gasteiger partial charge in [-0.25, -0.2) is 4.98 Å². The molecule has 0 saturated heterocycles. The number of aryl methyl sites for hydroxylation is 1. The summed E-state index contributed by atoms with van der Waals surface area (Å²) >= 11 is 6.15. The quantitative estimate of drug-likeness (QED) is 0.936. The number of fused-ring (bicyclic) bond motifs is 1. The number of nitrogens with zero attached hydrogens (tertiary/aromatic N) is 2. The number of carbonyl (C=O) groups is 1. The summed E-state index contributed by atoms with van der Waals surface area (Å²) in [6.45, 7) is 0.723. The number of aromatic amines is 1. The van der Waals surface area contributed by atoms with Crippen molar-refractivity contribution in [3.05, 3.63) is 47.0 Å². The Kier molecular flexibility index (Phi) is 3.25. The molecule has 0 spiro atoms. The van der Waals surface area contributed by atoms with E-state index in [0.717, 1.165) is 34.9 Å². The Morgan fingerprint density at radius 3 is 3.16 bits per heavy atom. The number of hydrogen-bond acceptors (Lipinski definition) is 2. The van der Waals surface area contributed by atoms with Crippen molar-refractivity contribution in [1.82, 2.24) is 9.97 Å². The number of nitrogens with one attached hydrogen (secondary N) is 1. The highest BCUT2D eigenvalue weighted by molar-refractivity contribution is 6.32. The zero-order chi connectivity index (χ0) is 13.2. The van der Waals surface area contributed by atoms with Crippen molar-refractivity contribution in [1.29, 1.82) is 0 Å². The first kappa shape index (κ1) is 12.2. The molecule has 1 aromatic carbocycles. The van der Waals surface area contributed by atoms with Gasteiger partial charge in [0.1, 0.15) is 0 Å². The number of anilines is 1. The number of hydrogen-bond donors (Lipinski definition) is 1. The lowest BCUT2D eigenvalue weighted by molar-refractivity contribution is -0.118. The van der Waals surface area contributed by atoms with E-state index in [2.05, 4.69) is 9.97 Å². The van der Waals surface area contributed by atoms with Crippen LogP contribution in [-0.4, -0.2) is 22.4 Å². The Labute approximate surface area is 116 Å². The highest BCUT2D eigenvalue weighted by Crippen LogP contribution is 2.33. The maximum atomic E-state index is 12.3. The van der Waals surface area contributed by atoms with Gasteiger partial charge in [0.05, 0.1) is 6.33 Å². The third-order valence-electron chi connectivity index (χ3n) is 3.43. The van der Waals surface area contributed by atoms with Crippen LogP contribution in [0.15, 0.2) is 30.7 Å². The maximum Gasteiger partial charge on any atom is 0.227 e. The molecule has 0 atom stereocenters. The summed E-state index contributed by atoms with van der Waals surface area (Å²) in [4.78, 5) is 21.0. The average Bonchev–Trinajstić information content (AvgIpc) is 3.06. The Morgan fingerprint density at radius 2 is 2.37 bits per heavy atom. The lowest BCUT2D eigenvalue weighted by Crippen LogP contribution is -2.29. The predicted octanol–water partition coefficient (Wildman–Crippen LogP) is 2.59. The second-order valence-corrected chi connectivity index (χ2v) is 5.02. The van der Waals surface area contributed by atoms with E-state index < -0.39 is 0 Å². The molecule has 3 rings (SSSR count). The van der Waals surface area contributed by atoms with Crippen LogP contribution in [0.1, 0.15) is 17.7 Å². The molecule has 1 aliphatic heterocycles. The molecule has 2 aromatic rings. The topological polar surface area (TPSA) is 49.0 Å². The highest BCUT2D eigenvalue weighted by Gasteiger charge is 2.25. The summed E-state index contributed by atoms with van der Waals surface area (Å²) < 4.78 is 0. The number of imidazole rings is 1. The normalized spacial score (nSPS) is 13.6. The molecule has 0 fully saturated rings. The Hall–Kier alpha value is -1.81. The molecular formula is C14H14ClN3O. The molecule has 0 radical (unpaired) electrons. The minimum Gasteiger partial charge on any atom is -0.348 e. The van der Waals surface area contributed by atoms with Crippen LogP contribution in [0.3, 0.4) is 0 Å². The molecule has 0 saturated carbocycles. The fourth-order valence-electron chi connectivity index (χ4n) is 2.45. The molecule has 2 heterocycles. The molecule has 0 unspecified atom stereocenters. The van der Waals surface area contributed by atoms with E-state index in [1.807, 2.05) is 23.1 Å². The average molecular weight is 276 g/mol. The van der Waals surface area contributed by atoms with E-state index in [1.165, 1.54) is 0 Å². The van der Waals surface area contributed by atoms with E-state index in [0.29, 0.717) is 12.8 Å². The number of benzene rings is 1. The number of H-pyrrole nitrogens is 1. The second-order valence-electron chi connectivity index (χ2n) is 4.61. The number of rotatable bonds is 3. The minimum absolute atomic E-state index is 0.135. The zero-order valence-electron chi connectivity index (χ0n) is 10.4. The van der Waals surface area contributed by atoms with E-state index in [9.17, 15) is 4.79 Å². The van der Waals surface area contributed by atoms with Crippen molar-refractivity contribution in [3.63, 3.8) is 0 Å². The lowest BCUT2D eigenvalue weighted by Gasteiger charge is -2.17. The van der Waals surface area contributed by atoms with Crippen molar-refractivity contribution >= 4 is 23.2 Å². The summed E-state index contributed by atoms with van der Waals surface area (Å²) in [6.07, 6.45) is 5.39. The standard InChI is InChI=1S/C14H14ClN3O/c15-12-2-1-3-13-11(12)6-7-18(13)14(19)5-4-10-8-16-9-17-10/h1-3,8-9H,4-7H2,(H,16,17). The minimum atomic E-state index is 0.135. The predicted molar refractivity (Wildman–Crippen MR) is 74.4 cm³/mol. The van der Waals surface area contributed by atoms with Crippen molar-refractivity contribution in [2.24, 2.45) is 0 Å². The summed E-state index contributed by atoms with van der Waals surface area (Å²) in [7, 11) is 0. The van der Waals surface area contributed by atoms with E-state index in [-0.39, 0.29) is 5.91 Å². The fourth-order valence-corrected chi connectivity index (χ4v) is 2.71. The first-order chi connectivity index (χ1) is 9.25. The van der Waals surface area contributed by atoms with Gasteiger partial charge in [-0.05, 0) is 30.5 Å². The maximum absolute atomic E-state index is 12.3. The molecule has 19 heavy (non-hydrogen) atoms. The SMILES string of the molecule is O=C(CCc1cnc[nH]1)N1CCc2c(Cl)cccc21.